The van der Waals surface area contributed by atoms with E-state index in [0.717, 1.165) is 23.1 Å². The predicted octanol–water partition coefficient (Wildman–Crippen LogP) is 7.60. The molecule has 0 bridgehead atoms. The van der Waals surface area contributed by atoms with Crippen molar-refractivity contribution in [2.45, 2.75) is 75.7 Å². The highest BCUT2D eigenvalue weighted by Crippen LogP contribution is 2.51. The van der Waals surface area contributed by atoms with Gasteiger partial charge in [0.1, 0.15) is 0 Å². The number of amides is 2. The van der Waals surface area contributed by atoms with Crippen molar-refractivity contribution in [3.63, 3.8) is 0 Å². The van der Waals surface area contributed by atoms with Gasteiger partial charge in [-0.25, -0.2) is 4.79 Å². The third-order valence-electron chi connectivity index (χ3n) is 8.07. The molecule has 0 aromatic heterocycles. The third kappa shape index (κ3) is 5.76. The van der Waals surface area contributed by atoms with E-state index in [1.807, 2.05) is 0 Å². The molecule has 42 heavy (non-hydrogen) atoms. The van der Waals surface area contributed by atoms with Crippen molar-refractivity contribution >= 4 is 17.7 Å². The van der Waals surface area contributed by atoms with Crippen LogP contribution >= 0.6 is 0 Å². The molecule has 0 spiro atoms. The Balaban J connectivity index is 1.65. The molecule has 1 aliphatic heterocycles. The summed E-state index contributed by atoms with van der Waals surface area (Å²) in [5.74, 6) is -2.40. The van der Waals surface area contributed by atoms with Crippen LogP contribution < -0.4 is 4.90 Å². The molecule has 2 aliphatic carbocycles. The van der Waals surface area contributed by atoms with Crippen molar-refractivity contribution < 1.29 is 53.8 Å². The van der Waals surface area contributed by atoms with Crippen LogP contribution in [0.1, 0.15) is 65.1 Å². The van der Waals surface area contributed by atoms with E-state index in [0.29, 0.717) is 49.1 Å². The Labute approximate surface area is 234 Å². The minimum atomic E-state index is -5.20. The summed E-state index contributed by atoms with van der Waals surface area (Å²) in [7, 11) is 0.979. The van der Waals surface area contributed by atoms with Gasteiger partial charge in [-0.2, -0.15) is 39.5 Å². The first-order valence-corrected chi connectivity index (χ1v) is 13.2. The van der Waals surface area contributed by atoms with Crippen LogP contribution in [0.15, 0.2) is 30.3 Å². The molecule has 3 aliphatic rings. The maximum atomic E-state index is 13.8. The first kappa shape index (κ1) is 30.0. The van der Waals surface area contributed by atoms with Gasteiger partial charge < -0.3 is 9.64 Å². The molecule has 2 atom stereocenters. The minimum absolute atomic E-state index is 0.0328. The van der Waals surface area contributed by atoms with Gasteiger partial charge in [0, 0.05) is 18.3 Å². The van der Waals surface area contributed by atoms with E-state index >= 15 is 0 Å². The van der Waals surface area contributed by atoms with Crippen molar-refractivity contribution in [3.8, 4) is 0 Å². The fourth-order valence-electron chi connectivity index (χ4n) is 6.05. The highest BCUT2D eigenvalue weighted by atomic mass is 19.4. The molecular formula is C28H25F9N2O3. The molecule has 14 heteroatoms. The average molecular weight is 609 g/mol. The van der Waals surface area contributed by atoms with E-state index in [9.17, 15) is 49.1 Å². The number of carbonyl (C=O) groups excluding carboxylic acids is 2. The van der Waals surface area contributed by atoms with Gasteiger partial charge in [-0.1, -0.05) is 6.07 Å². The fourth-order valence-corrected chi connectivity index (χ4v) is 6.05. The summed E-state index contributed by atoms with van der Waals surface area (Å²) in [6, 6.07) is 1.94. The predicted molar refractivity (Wildman–Crippen MR) is 130 cm³/mol. The number of carbonyl (C=O) groups is 2. The van der Waals surface area contributed by atoms with Crippen molar-refractivity contribution in [2.75, 3.05) is 12.0 Å². The molecule has 5 nitrogen and oxygen atoms in total. The van der Waals surface area contributed by atoms with Crippen molar-refractivity contribution in [3.05, 3.63) is 63.7 Å². The number of ether oxygens (including phenoxy) is 1. The molecule has 1 heterocycles. The summed E-state index contributed by atoms with van der Waals surface area (Å²) in [4.78, 5) is 27.5. The van der Waals surface area contributed by atoms with Gasteiger partial charge in [-0.3, -0.25) is 9.69 Å². The number of nitrogens with zero attached hydrogens (tertiary/aromatic N) is 2. The molecule has 2 amide bonds. The van der Waals surface area contributed by atoms with Crippen LogP contribution in [0.4, 0.5) is 50.0 Å². The summed E-state index contributed by atoms with van der Waals surface area (Å²) in [6.07, 6.45) is -13.9. The van der Waals surface area contributed by atoms with Gasteiger partial charge in [-0.05, 0) is 91.0 Å². The molecule has 2 aromatic rings. The SMILES string of the molecule is COC(=O)N(Cc1cc(C(F)(F)F)cc(C(F)(F)F)c1)C1CC(C2CC2)N(C(=O)C(F)(F)F)c2cc3c(cc21)CCC3. The second-order valence-corrected chi connectivity index (χ2v) is 10.9. The second-order valence-electron chi connectivity index (χ2n) is 10.9. The lowest BCUT2D eigenvalue weighted by molar-refractivity contribution is -0.171. The van der Waals surface area contributed by atoms with Crippen LogP contribution in [-0.2, 0) is 41.3 Å². The maximum Gasteiger partial charge on any atom is 0.471 e. The van der Waals surface area contributed by atoms with Crippen LogP contribution in [0.3, 0.4) is 0 Å². The summed E-state index contributed by atoms with van der Waals surface area (Å²) >= 11 is 0. The molecule has 5 rings (SSSR count). The van der Waals surface area contributed by atoms with E-state index < -0.39 is 65.8 Å². The summed E-state index contributed by atoms with van der Waals surface area (Å²) < 4.78 is 127. The van der Waals surface area contributed by atoms with E-state index in [2.05, 4.69) is 0 Å². The highest BCUT2D eigenvalue weighted by molar-refractivity contribution is 5.99. The molecule has 2 unspecified atom stereocenters. The quantitative estimate of drug-likeness (QED) is 0.336. The van der Waals surface area contributed by atoms with Crippen molar-refractivity contribution in [1.29, 1.82) is 0 Å². The van der Waals surface area contributed by atoms with E-state index in [4.69, 9.17) is 4.74 Å². The van der Waals surface area contributed by atoms with Crippen molar-refractivity contribution in [2.24, 2.45) is 5.92 Å². The normalized spacial score (nSPS) is 20.7. The Morgan fingerprint density at radius 1 is 0.881 bits per heavy atom. The number of anilines is 1. The summed E-state index contributed by atoms with van der Waals surface area (Å²) in [5.41, 5.74) is -2.04. The number of aryl methyl sites for hydroxylation is 2. The van der Waals surface area contributed by atoms with E-state index in [-0.39, 0.29) is 29.7 Å². The zero-order chi connectivity index (χ0) is 30.8. The van der Waals surface area contributed by atoms with Crippen LogP contribution in [0.5, 0.6) is 0 Å². The molecule has 0 saturated heterocycles. The lowest BCUT2D eigenvalue weighted by atomic mass is 9.85. The zero-order valence-electron chi connectivity index (χ0n) is 22.1. The molecule has 1 saturated carbocycles. The van der Waals surface area contributed by atoms with Gasteiger partial charge in [0.2, 0.25) is 0 Å². The Bertz CT molecular complexity index is 1360. The van der Waals surface area contributed by atoms with Gasteiger partial charge in [0.25, 0.3) is 0 Å². The summed E-state index contributed by atoms with van der Waals surface area (Å²) in [5, 5.41) is 0. The standard InChI is InChI=1S/C28H25F9N2O3/c1-42-25(41)38(13-14-7-18(26(29,30)31)11-19(8-14)27(32,33)34)22-12-21(15-5-6-15)39(24(40)28(35,36)37)23-10-17-4-2-3-16(17)9-20(22)23/h7-11,15,21-22H,2-6,12-13H2,1H3. The van der Waals surface area contributed by atoms with Crippen LogP contribution in [0.2, 0.25) is 0 Å². The number of halogens is 9. The van der Waals surface area contributed by atoms with Crippen LogP contribution in [-0.4, -0.2) is 36.2 Å². The molecule has 0 radical (unpaired) electrons. The topological polar surface area (TPSA) is 49.9 Å². The lowest BCUT2D eigenvalue weighted by Crippen LogP contribution is -2.53. The first-order chi connectivity index (χ1) is 19.5. The van der Waals surface area contributed by atoms with E-state index in [1.54, 1.807) is 6.07 Å². The number of fused-ring (bicyclic) bond motifs is 2. The lowest BCUT2D eigenvalue weighted by Gasteiger charge is -2.45. The minimum Gasteiger partial charge on any atom is -0.453 e. The zero-order valence-corrected chi connectivity index (χ0v) is 22.1. The number of rotatable bonds is 4. The highest BCUT2D eigenvalue weighted by Gasteiger charge is 2.53. The van der Waals surface area contributed by atoms with Gasteiger partial charge in [0.05, 0.1) is 24.3 Å². The Kier molecular flexibility index (Phi) is 7.41. The molecule has 0 N–H and O–H groups in total. The van der Waals surface area contributed by atoms with Crippen LogP contribution in [0, 0.1) is 5.92 Å². The molecular weight excluding hydrogens is 583 g/mol. The van der Waals surface area contributed by atoms with Gasteiger partial charge in [-0.15, -0.1) is 0 Å². The second kappa shape index (κ2) is 10.4. The first-order valence-electron chi connectivity index (χ1n) is 13.2. The number of hydrogen-bond donors (Lipinski definition) is 0. The molecule has 228 valence electrons. The number of alkyl halides is 9. The summed E-state index contributed by atoms with van der Waals surface area (Å²) in [6.45, 7) is -0.758. The largest absolute Gasteiger partial charge is 0.471 e. The Morgan fingerprint density at radius 2 is 1.45 bits per heavy atom. The van der Waals surface area contributed by atoms with Gasteiger partial charge in [0.15, 0.2) is 0 Å². The average Bonchev–Trinajstić information content (AvgIpc) is 3.64. The smallest absolute Gasteiger partial charge is 0.453 e. The number of methoxy groups -OCH3 is 1. The molecule has 2 aromatic carbocycles. The monoisotopic (exact) mass is 608 g/mol. The van der Waals surface area contributed by atoms with Crippen molar-refractivity contribution in [1.82, 2.24) is 4.90 Å². The third-order valence-corrected chi connectivity index (χ3v) is 8.07. The fraction of sp³-hybridized carbons (Fsp3) is 0.500. The Morgan fingerprint density at radius 3 is 1.95 bits per heavy atom. The number of hydrogen-bond acceptors (Lipinski definition) is 3. The Hall–Kier alpha value is -3.45. The maximum absolute atomic E-state index is 13.8. The molecule has 1 fully saturated rings. The number of benzene rings is 2. The van der Waals surface area contributed by atoms with Crippen LogP contribution in [0.25, 0.3) is 0 Å². The van der Waals surface area contributed by atoms with Gasteiger partial charge >= 0.3 is 30.5 Å². The van der Waals surface area contributed by atoms with E-state index in [1.165, 1.54) is 6.07 Å².